The lowest BCUT2D eigenvalue weighted by atomic mass is 10.3. The summed E-state index contributed by atoms with van der Waals surface area (Å²) in [5.74, 6) is 0.928. The summed E-state index contributed by atoms with van der Waals surface area (Å²) in [4.78, 5) is 5.35. The van der Waals surface area contributed by atoms with Crippen LogP contribution in [0.5, 0.6) is 0 Å². The molecule has 0 fully saturated rings. The van der Waals surface area contributed by atoms with Gasteiger partial charge in [-0.1, -0.05) is 6.07 Å². The van der Waals surface area contributed by atoms with Crippen LogP contribution in [-0.4, -0.2) is 9.55 Å². The Morgan fingerprint density at radius 1 is 1.44 bits per heavy atom. The van der Waals surface area contributed by atoms with Gasteiger partial charge in [-0.2, -0.15) is 0 Å². The summed E-state index contributed by atoms with van der Waals surface area (Å²) in [6, 6.07) is 7.96. The van der Waals surface area contributed by atoms with Crippen LogP contribution in [0.25, 0.3) is 0 Å². The summed E-state index contributed by atoms with van der Waals surface area (Å²) in [7, 11) is 0. The predicted molar refractivity (Wildman–Crippen MR) is 68.3 cm³/mol. The van der Waals surface area contributed by atoms with E-state index in [-0.39, 0.29) is 0 Å². The maximum atomic E-state index is 5.73. The quantitative estimate of drug-likeness (QED) is 0.652. The zero-order chi connectivity index (χ0) is 11.4. The van der Waals surface area contributed by atoms with E-state index < -0.39 is 0 Å². The van der Waals surface area contributed by atoms with Crippen LogP contribution >= 0.6 is 11.8 Å². The topological polar surface area (TPSA) is 43.8 Å². The predicted octanol–water partition coefficient (Wildman–Crippen LogP) is 2.78. The van der Waals surface area contributed by atoms with Crippen molar-refractivity contribution in [2.75, 3.05) is 5.73 Å². The van der Waals surface area contributed by atoms with Gasteiger partial charge >= 0.3 is 0 Å². The molecule has 0 radical (unpaired) electrons. The molecule has 2 N–H and O–H groups in total. The van der Waals surface area contributed by atoms with Gasteiger partial charge in [0.1, 0.15) is 0 Å². The lowest BCUT2D eigenvalue weighted by molar-refractivity contribution is 0.734. The van der Waals surface area contributed by atoms with Gasteiger partial charge in [0.25, 0.3) is 0 Å². The highest BCUT2D eigenvalue weighted by atomic mass is 32.2. The monoisotopic (exact) mass is 233 g/mol. The Hall–Kier alpha value is -1.42. The van der Waals surface area contributed by atoms with Gasteiger partial charge in [0, 0.05) is 34.8 Å². The average Bonchev–Trinajstić information content (AvgIpc) is 2.74. The van der Waals surface area contributed by atoms with E-state index in [1.165, 1.54) is 10.6 Å². The van der Waals surface area contributed by atoms with Gasteiger partial charge in [-0.15, -0.1) is 11.8 Å². The number of nitrogens with zero attached hydrogens (tertiary/aromatic N) is 2. The minimum Gasteiger partial charge on any atom is -0.399 e. The average molecular weight is 233 g/mol. The molecule has 2 rings (SSSR count). The van der Waals surface area contributed by atoms with E-state index in [2.05, 4.69) is 22.5 Å². The van der Waals surface area contributed by atoms with Crippen LogP contribution in [0.1, 0.15) is 12.6 Å². The number of imidazole rings is 1. The minimum absolute atomic E-state index is 0.814. The molecule has 4 heteroatoms. The number of hydrogen-bond donors (Lipinski definition) is 1. The van der Waals surface area contributed by atoms with Crippen LogP contribution in [0.15, 0.2) is 41.7 Å². The molecule has 0 amide bonds. The Morgan fingerprint density at radius 2 is 2.31 bits per heavy atom. The maximum Gasteiger partial charge on any atom is 0.0948 e. The van der Waals surface area contributed by atoms with E-state index in [1.807, 2.05) is 30.7 Å². The van der Waals surface area contributed by atoms with Crippen molar-refractivity contribution < 1.29 is 0 Å². The molecule has 0 spiro atoms. The summed E-state index contributed by atoms with van der Waals surface area (Å²) >= 11 is 1.78. The van der Waals surface area contributed by atoms with Gasteiger partial charge in [-0.25, -0.2) is 4.98 Å². The van der Waals surface area contributed by atoms with Crippen molar-refractivity contribution in [3.05, 3.63) is 42.5 Å². The molecule has 1 heterocycles. The molecule has 0 unspecified atom stereocenters. The normalized spacial score (nSPS) is 10.6. The fourth-order valence-corrected chi connectivity index (χ4v) is 2.46. The van der Waals surface area contributed by atoms with E-state index in [0.29, 0.717) is 0 Å². The molecule has 2 aromatic rings. The molecule has 0 aliphatic heterocycles. The second-order valence-electron chi connectivity index (χ2n) is 3.53. The molecular weight excluding hydrogens is 218 g/mol. The largest absolute Gasteiger partial charge is 0.399 e. The third kappa shape index (κ3) is 2.58. The zero-order valence-corrected chi connectivity index (χ0v) is 10.1. The van der Waals surface area contributed by atoms with Crippen LogP contribution in [-0.2, 0) is 12.3 Å². The van der Waals surface area contributed by atoms with Gasteiger partial charge in [0.05, 0.1) is 6.33 Å². The van der Waals surface area contributed by atoms with Gasteiger partial charge in [0.15, 0.2) is 0 Å². The van der Waals surface area contributed by atoms with Crippen molar-refractivity contribution in [3.63, 3.8) is 0 Å². The molecule has 0 aliphatic carbocycles. The van der Waals surface area contributed by atoms with Gasteiger partial charge in [0.2, 0.25) is 0 Å². The standard InChI is InChI=1S/C12H15N3S/c1-2-15-9-14-7-11(15)8-16-12-5-3-4-10(13)6-12/h3-7,9H,2,8,13H2,1H3. The molecule has 84 valence electrons. The molecule has 0 bridgehead atoms. The van der Waals surface area contributed by atoms with E-state index in [9.17, 15) is 0 Å². The Morgan fingerprint density at radius 3 is 3.06 bits per heavy atom. The second kappa shape index (κ2) is 5.07. The zero-order valence-electron chi connectivity index (χ0n) is 9.26. The van der Waals surface area contributed by atoms with E-state index in [4.69, 9.17) is 5.73 Å². The lowest BCUT2D eigenvalue weighted by Crippen LogP contribution is -1.97. The molecule has 0 saturated carbocycles. The van der Waals surface area contributed by atoms with Crippen LogP contribution in [0, 0.1) is 0 Å². The summed E-state index contributed by atoms with van der Waals surface area (Å²) in [5, 5.41) is 0. The first-order valence-electron chi connectivity index (χ1n) is 5.27. The van der Waals surface area contributed by atoms with Crippen LogP contribution < -0.4 is 5.73 Å². The Labute approximate surface area is 99.7 Å². The first-order valence-corrected chi connectivity index (χ1v) is 6.25. The molecule has 1 aromatic heterocycles. The summed E-state index contributed by atoms with van der Waals surface area (Å²) in [6.45, 7) is 3.09. The Kier molecular flexibility index (Phi) is 3.51. The van der Waals surface area contributed by atoms with Crippen LogP contribution in [0.4, 0.5) is 5.69 Å². The minimum atomic E-state index is 0.814. The fourth-order valence-electron chi connectivity index (χ4n) is 1.51. The number of nitrogen functional groups attached to an aromatic ring is 1. The molecule has 0 atom stereocenters. The smallest absolute Gasteiger partial charge is 0.0948 e. The van der Waals surface area contributed by atoms with Crippen molar-refractivity contribution >= 4 is 17.4 Å². The number of benzene rings is 1. The highest BCUT2D eigenvalue weighted by molar-refractivity contribution is 7.98. The first kappa shape index (κ1) is 11.1. The molecule has 1 aromatic carbocycles. The van der Waals surface area contributed by atoms with Gasteiger partial charge < -0.3 is 10.3 Å². The second-order valence-corrected chi connectivity index (χ2v) is 4.58. The number of anilines is 1. The van der Waals surface area contributed by atoms with Gasteiger partial charge in [-0.3, -0.25) is 0 Å². The van der Waals surface area contributed by atoms with E-state index in [0.717, 1.165) is 18.0 Å². The number of thioether (sulfide) groups is 1. The number of hydrogen-bond acceptors (Lipinski definition) is 3. The molecule has 16 heavy (non-hydrogen) atoms. The van der Waals surface area contributed by atoms with Gasteiger partial charge in [-0.05, 0) is 25.1 Å². The summed E-state index contributed by atoms with van der Waals surface area (Å²) in [5.41, 5.74) is 7.79. The number of rotatable bonds is 4. The lowest BCUT2D eigenvalue weighted by Gasteiger charge is -2.05. The van der Waals surface area contributed by atoms with Crippen molar-refractivity contribution in [1.82, 2.24) is 9.55 Å². The van der Waals surface area contributed by atoms with E-state index in [1.54, 1.807) is 11.8 Å². The van der Waals surface area contributed by atoms with Crippen molar-refractivity contribution in [2.24, 2.45) is 0 Å². The highest BCUT2D eigenvalue weighted by Gasteiger charge is 2.01. The van der Waals surface area contributed by atoms with Crippen molar-refractivity contribution in [2.45, 2.75) is 24.1 Å². The first-order chi connectivity index (χ1) is 7.79. The SMILES string of the molecule is CCn1cncc1CSc1cccc(N)c1. The highest BCUT2D eigenvalue weighted by Crippen LogP contribution is 2.24. The number of aromatic nitrogens is 2. The van der Waals surface area contributed by atoms with Crippen molar-refractivity contribution in [1.29, 1.82) is 0 Å². The molecule has 0 aliphatic rings. The van der Waals surface area contributed by atoms with E-state index >= 15 is 0 Å². The third-order valence-electron chi connectivity index (χ3n) is 2.38. The summed E-state index contributed by atoms with van der Waals surface area (Å²) < 4.78 is 2.15. The van der Waals surface area contributed by atoms with Crippen LogP contribution in [0.2, 0.25) is 0 Å². The van der Waals surface area contributed by atoms with Crippen LogP contribution in [0.3, 0.4) is 0 Å². The Balaban J connectivity index is 2.02. The molecule has 3 nitrogen and oxygen atoms in total. The number of aryl methyl sites for hydroxylation is 1. The summed E-state index contributed by atoms with van der Waals surface area (Å²) in [6.07, 6.45) is 3.79. The molecular formula is C12H15N3S. The maximum absolute atomic E-state index is 5.73. The molecule has 0 saturated heterocycles. The van der Waals surface area contributed by atoms with Crippen molar-refractivity contribution in [3.8, 4) is 0 Å². The Bertz CT molecular complexity index is 465. The third-order valence-corrected chi connectivity index (χ3v) is 3.41. The fraction of sp³-hybridized carbons (Fsp3) is 0.250. The number of nitrogens with two attached hydrogens (primary N) is 1.